The van der Waals surface area contributed by atoms with Crippen molar-refractivity contribution in [2.45, 2.75) is 51.9 Å². The molecule has 1 aromatic rings. The molecule has 118 valence electrons. The van der Waals surface area contributed by atoms with Crippen molar-refractivity contribution in [1.29, 1.82) is 0 Å². The quantitative estimate of drug-likeness (QED) is 0.873. The van der Waals surface area contributed by atoms with Crippen LogP contribution in [0.15, 0.2) is 17.0 Å². The number of anilines is 1. The molecular weight excluding hydrogens is 284 g/mol. The number of rotatable bonds is 3. The average Bonchev–Trinajstić information content (AvgIpc) is 2.43. The summed E-state index contributed by atoms with van der Waals surface area (Å²) in [4.78, 5) is 0.361. The zero-order valence-corrected chi connectivity index (χ0v) is 14.3. The van der Waals surface area contributed by atoms with Crippen LogP contribution in [0.5, 0.6) is 0 Å². The Bertz CT molecular complexity index is 630. The molecule has 1 fully saturated rings. The van der Waals surface area contributed by atoms with Crippen LogP contribution in [0.1, 0.15) is 44.2 Å². The lowest BCUT2D eigenvalue weighted by atomic mass is 9.79. The van der Waals surface area contributed by atoms with E-state index in [4.69, 9.17) is 5.73 Å². The van der Waals surface area contributed by atoms with Crippen LogP contribution in [0.2, 0.25) is 0 Å². The molecule has 0 saturated carbocycles. The Hall–Kier alpha value is -1.07. The fourth-order valence-electron chi connectivity index (χ4n) is 2.88. The molecule has 0 unspecified atom stereocenters. The van der Waals surface area contributed by atoms with E-state index in [2.05, 4.69) is 13.8 Å². The highest BCUT2D eigenvalue weighted by Gasteiger charge is 2.35. The summed E-state index contributed by atoms with van der Waals surface area (Å²) in [5.74, 6) is 0. The summed E-state index contributed by atoms with van der Waals surface area (Å²) < 4.78 is 27.4. The standard InChI is InChI=1S/C16H26N2O2S/c1-5-16(4)6-8-18(9-7-16)21(19,20)15-11-14(17)10-12(2)13(15)3/h10-11H,5-9,17H2,1-4H3. The van der Waals surface area contributed by atoms with Crippen molar-refractivity contribution in [2.24, 2.45) is 5.41 Å². The van der Waals surface area contributed by atoms with Crippen LogP contribution in [-0.2, 0) is 10.0 Å². The number of hydrogen-bond acceptors (Lipinski definition) is 3. The molecular formula is C16H26N2O2S. The van der Waals surface area contributed by atoms with Gasteiger partial charge in [-0.25, -0.2) is 8.42 Å². The van der Waals surface area contributed by atoms with Gasteiger partial charge in [0, 0.05) is 18.8 Å². The van der Waals surface area contributed by atoms with Crippen LogP contribution in [0, 0.1) is 19.3 Å². The molecule has 0 bridgehead atoms. The van der Waals surface area contributed by atoms with Gasteiger partial charge >= 0.3 is 0 Å². The SMILES string of the molecule is CCC1(C)CCN(S(=O)(=O)c2cc(N)cc(C)c2C)CC1. The summed E-state index contributed by atoms with van der Waals surface area (Å²) in [6, 6.07) is 3.41. The van der Waals surface area contributed by atoms with E-state index in [1.807, 2.05) is 19.9 Å². The molecule has 0 aromatic heterocycles. The van der Waals surface area contributed by atoms with Crippen LogP contribution in [-0.4, -0.2) is 25.8 Å². The Kier molecular flexibility index (Phi) is 4.36. The van der Waals surface area contributed by atoms with E-state index in [0.717, 1.165) is 30.4 Å². The fraction of sp³-hybridized carbons (Fsp3) is 0.625. The number of nitrogen functional groups attached to an aromatic ring is 1. The molecule has 0 aliphatic carbocycles. The normalized spacial score (nSPS) is 19.6. The molecule has 2 rings (SSSR count). The Morgan fingerprint density at radius 2 is 1.81 bits per heavy atom. The molecule has 1 aliphatic heterocycles. The lowest BCUT2D eigenvalue weighted by Crippen LogP contribution is -2.42. The van der Waals surface area contributed by atoms with Gasteiger partial charge in [-0.15, -0.1) is 0 Å². The molecule has 0 amide bonds. The van der Waals surface area contributed by atoms with Gasteiger partial charge < -0.3 is 5.73 Å². The van der Waals surface area contributed by atoms with Gasteiger partial charge in [0.1, 0.15) is 0 Å². The van der Waals surface area contributed by atoms with Crippen LogP contribution in [0.3, 0.4) is 0 Å². The van der Waals surface area contributed by atoms with Crippen LogP contribution in [0.4, 0.5) is 5.69 Å². The van der Waals surface area contributed by atoms with E-state index >= 15 is 0 Å². The third-order valence-corrected chi connectivity index (χ3v) is 7.07. The first-order chi connectivity index (χ1) is 9.69. The highest BCUT2D eigenvalue weighted by molar-refractivity contribution is 7.89. The van der Waals surface area contributed by atoms with Gasteiger partial charge in [-0.2, -0.15) is 4.31 Å². The highest BCUT2D eigenvalue weighted by atomic mass is 32.2. The van der Waals surface area contributed by atoms with Crippen molar-refractivity contribution in [3.63, 3.8) is 0 Å². The van der Waals surface area contributed by atoms with Crippen molar-refractivity contribution in [1.82, 2.24) is 4.31 Å². The lowest BCUT2D eigenvalue weighted by molar-refractivity contribution is 0.169. The number of nitrogens with zero attached hydrogens (tertiary/aromatic N) is 1. The molecule has 21 heavy (non-hydrogen) atoms. The predicted octanol–water partition coefficient (Wildman–Crippen LogP) is 3.09. The van der Waals surface area contributed by atoms with Crippen molar-refractivity contribution in [2.75, 3.05) is 18.8 Å². The zero-order chi connectivity index (χ0) is 15.8. The molecule has 1 heterocycles. The summed E-state index contributed by atoms with van der Waals surface area (Å²) >= 11 is 0. The smallest absolute Gasteiger partial charge is 0.243 e. The third kappa shape index (κ3) is 3.09. The number of hydrogen-bond donors (Lipinski definition) is 1. The van der Waals surface area contributed by atoms with Gasteiger partial charge in [0.25, 0.3) is 0 Å². The van der Waals surface area contributed by atoms with Gasteiger partial charge in [-0.3, -0.25) is 0 Å². The van der Waals surface area contributed by atoms with Crippen molar-refractivity contribution in [3.8, 4) is 0 Å². The molecule has 1 saturated heterocycles. The van der Waals surface area contributed by atoms with Crippen molar-refractivity contribution in [3.05, 3.63) is 23.3 Å². The minimum absolute atomic E-state index is 0.271. The number of aryl methyl sites for hydroxylation is 1. The zero-order valence-electron chi connectivity index (χ0n) is 13.4. The average molecular weight is 310 g/mol. The van der Waals surface area contributed by atoms with Gasteiger partial charge in [0.05, 0.1) is 4.90 Å². The first-order valence-electron chi connectivity index (χ1n) is 7.56. The second-order valence-electron chi connectivity index (χ2n) is 6.53. The van der Waals surface area contributed by atoms with E-state index < -0.39 is 10.0 Å². The van der Waals surface area contributed by atoms with Crippen molar-refractivity contribution < 1.29 is 8.42 Å². The third-order valence-electron chi connectivity index (χ3n) is 5.04. The van der Waals surface area contributed by atoms with E-state index in [-0.39, 0.29) is 5.41 Å². The second kappa shape index (κ2) is 5.61. The van der Waals surface area contributed by atoms with Crippen molar-refractivity contribution >= 4 is 15.7 Å². The monoisotopic (exact) mass is 310 g/mol. The molecule has 1 aliphatic rings. The molecule has 5 heteroatoms. The largest absolute Gasteiger partial charge is 0.399 e. The Labute approximate surface area is 128 Å². The van der Waals surface area contributed by atoms with Gasteiger partial charge in [0.2, 0.25) is 10.0 Å². The minimum Gasteiger partial charge on any atom is -0.399 e. The Morgan fingerprint density at radius 1 is 1.24 bits per heavy atom. The molecule has 1 aromatic carbocycles. The molecule has 0 spiro atoms. The maximum Gasteiger partial charge on any atom is 0.243 e. The van der Waals surface area contributed by atoms with Crippen LogP contribution in [0.25, 0.3) is 0 Å². The maximum absolute atomic E-state index is 12.9. The Balaban J connectivity index is 2.32. The first-order valence-corrected chi connectivity index (χ1v) is 9.00. The van der Waals surface area contributed by atoms with E-state index in [1.165, 1.54) is 0 Å². The van der Waals surface area contributed by atoms with Crippen LogP contribution < -0.4 is 5.73 Å². The number of sulfonamides is 1. The highest BCUT2D eigenvalue weighted by Crippen LogP contribution is 2.36. The minimum atomic E-state index is -3.44. The summed E-state index contributed by atoms with van der Waals surface area (Å²) in [7, 11) is -3.44. The van der Waals surface area contributed by atoms with Gasteiger partial charge in [-0.1, -0.05) is 20.3 Å². The number of nitrogens with two attached hydrogens (primary N) is 1. The molecule has 0 atom stereocenters. The van der Waals surface area contributed by atoms with E-state index in [1.54, 1.807) is 10.4 Å². The number of piperidine rings is 1. The molecule has 2 N–H and O–H groups in total. The summed E-state index contributed by atoms with van der Waals surface area (Å²) in [5, 5.41) is 0. The van der Waals surface area contributed by atoms with E-state index in [9.17, 15) is 8.42 Å². The summed E-state index contributed by atoms with van der Waals surface area (Å²) in [6.07, 6.45) is 2.93. The lowest BCUT2D eigenvalue weighted by Gasteiger charge is -2.38. The molecule has 4 nitrogen and oxygen atoms in total. The first kappa shape index (κ1) is 16.3. The van der Waals surface area contributed by atoms with Gasteiger partial charge in [0.15, 0.2) is 0 Å². The Morgan fingerprint density at radius 3 is 2.33 bits per heavy atom. The maximum atomic E-state index is 12.9. The topological polar surface area (TPSA) is 63.4 Å². The predicted molar refractivity (Wildman–Crippen MR) is 86.7 cm³/mol. The summed E-state index contributed by atoms with van der Waals surface area (Å²) in [6.45, 7) is 9.36. The second-order valence-corrected chi connectivity index (χ2v) is 8.44. The van der Waals surface area contributed by atoms with E-state index in [0.29, 0.717) is 23.7 Å². The molecule has 0 radical (unpaired) electrons. The fourth-order valence-corrected chi connectivity index (χ4v) is 4.66. The number of benzene rings is 1. The van der Waals surface area contributed by atoms with Crippen LogP contribution >= 0.6 is 0 Å². The van der Waals surface area contributed by atoms with Gasteiger partial charge in [-0.05, 0) is 55.4 Å². The summed E-state index contributed by atoms with van der Waals surface area (Å²) in [5.41, 5.74) is 8.33.